The molecule has 0 aliphatic heterocycles. The average Bonchev–Trinajstić information content (AvgIpc) is 2.16. The first-order valence-corrected chi connectivity index (χ1v) is 6.26. The predicted molar refractivity (Wildman–Crippen MR) is 69.9 cm³/mol. The third-order valence-corrected chi connectivity index (χ3v) is 3.44. The molecule has 1 aromatic heterocycles. The van der Waals surface area contributed by atoms with Crippen LogP contribution < -0.4 is 5.32 Å². The number of alkyl halides is 1. The van der Waals surface area contributed by atoms with Gasteiger partial charge in [-0.1, -0.05) is 25.4 Å². The normalized spacial score (nSPS) is 11.5. The van der Waals surface area contributed by atoms with Gasteiger partial charge < -0.3 is 5.32 Å². The van der Waals surface area contributed by atoms with Crippen molar-refractivity contribution in [3.05, 3.63) is 21.8 Å². The van der Waals surface area contributed by atoms with Crippen LogP contribution in [0.5, 0.6) is 0 Å². The summed E-state index contributed by atoms with van der Waals surface area (Å²) >= 11 is 15.0. The Hall–Kier alpha value is 0.01000. The maximum Gasteiger partial charge on any atom is 0.140 e. The number of nitrogens with zero attached hydrogens (tertiary/aromatic N) is 1. The lowest BCUT2D eigenvalue weighted by Crippen LogP contribution is -2.25. The van der Waals surface area contributed by atoms with Crippen molar-refractivity contribution in [1.29, 1.82) is 0 Å². The molecule has 0 fully saturated rings. The molecule has 1 N–H and O–H groups in total. The highest BCUT2D eigenvalue weighted by molar-refractivity contribution is 9.10. The van der Waals surface area contributed by atoms with Crippen molar-refractivity contribution in [3.63, 3.8) is 0 Å². The molecule has 0 aliphatic carbocycles. The fraction of sp³-hybridized carbons (Fsp3) is 0.500. The molecular weight excluding hydrogens is 299 g/mol. The molecule has 2 nitrogen and oxygen atoms in total. The number of hydrogen-bond acceptors (Lipinski definition) is 2. The van der Waals surface area contributed by atoms with E-state index in [2.05, 4.69) is 40.1 Å². The summed E-state index contributed by atoms with van der Waals surface area (Å²) in [6.45, 7) is 4.96. The fourth-order valence-electron chi connectivity index (χ4n) is 0.915. The third-order valence-electron chi connectivity index (χ3n) is 1.90. The second-order valence-corrected chi connectivity index (χ2v) is 5.69. The first-order chi connectivity index (χ1) is 6.94. The summed E-state index contributed by atoms with van der Waals surface area (Å²) in [6.07, 6.45) is 1.61. The molecule has 0 radical (unpaired) electrons. The Morgan fingerprint density at radius 3 is 2.73 bits per heavy atom. The first-order valence-electron chi connectivity index (χ1n) is 4.55. The zero-order valence-corrected chi connectivity index (χ0v) is 11.7. The lowest BCUT2D eigenvalue weighted by Gasteiger charge is -2.22. The Balaban J connectivity index is 2.66. The maximum atomic E-state index is 5.83. The van der Waals surface area contributed by atoms with Crippen molar-refractivity contribution in [3.8, 4) is 0 Å². The standard InChI is InChI=1S/C10H13BrCl2N2/c1-10(2,5-12)6-15-9-8(11)3-7(13)4-14-9/h3-4H,5-6H2,1-2H3,(H,14,15). The van der Waals surface area contributed by atoms with E-state index in [1.807, 2.05) is 6.07 Å². The summed E-state index contributed by atoms with van der Waals surface area (Å²) in [5, 5.41) is 3.85. The number of halogens is 3. The molecule has 0 unspecified atom stereocenters. The van der Waals surface area contributed by atoms with Crippen LogP contribution in [0.2, 0.25) is 5.02 Å². The molecule has 15 heavy (non-hydrogen) atoms. The van der Waals surface area contributed by atoms with Crippen LogP contribution in [-0.4, -0.2) is 17.4 Å². The lowest BCUT2D eigenvalue weighted by atomic mass is 9.97. The van der Waals surface area contributed by atoms with Gasteiger partial charge >= 0.3 is 0 Å². The van der Waals surface area contributed by atoms with E-state index in [0.717, 1.165) is 16.8 Å². The number of aromatic nitrogens is 1. The quantitative estimate of drug-likeness (QED) is 0.844. The van der Waals surface area contributed by atoms with Gasteiger partial charge in [-0.05, 0) is 27.4 Å². The average molecular weight is 312 g/mol. The lowest BCUT2D eigenvalue weighted by molar-refractivity contribution is 0.449. The van der Waals surface area contributed by atoms with Gasteiger partial charge in [-0.25, -0.2) is 4.98 Å². The first kappa shape index (κ1) is 13.1. The number of nitrogens with one attached hydrogen (secondary N) is 1. The van der Waals surface area contributed by atoms with E-state index < -0.39 is 0 Å². The highest BCUT2D eigenvalue weighted by atomic mass is 79.9. The van der Waals surface area contributed by atoms with Gasteiger partial charge in [-0.3, -0.25) is 0 Å². The number of pyridine rings is 1. The van der Waals surface area contributed by atoms with Crippen molar-refractivity contribution in [1.82, 2.24) is 4.98 Å². The van der Waals surface area contributed by atoms with E-state index in [1.54, 1.807) is 6.20 Å². The van der Waals surface area contributed by atoms with Gasteiger partial charge in [-0.2, -0.15) is 0 Å². The number of hydrogen-bond donors (Lipinski definition) is 1. The molecule has 0 aromatic carbocycles. The van der Waals surface area contributed by atoms with Crippen LogP contribution in [0, 0.1) is 5.41 Å². The molecule has 0 atom stereocenters. The van der Waals surface area contributed by atoms with Gasteiger partial charge in [0.2, 0.25) is 0 Å². The molecule has 84 valence electrons. The molecule has 1 aromatic rings. The second-order valence-electron chi connectivity index (χ2n) is 4.14. The van der Waals surface area contributed by atoms with E-state index in [1.165, 1.54) is 0 Å². The summed E-state index contributed by atoms with van der Waals surface area (Å²) in [5.74, 6) is 1.39. The Labute approximate surface area is 108 Å². The van der Waals surface area contributed by atoms with Gasteiger partial charge in [0.05, 0.1) is 9.50 Å². The largest absolute Gasteiger partial charge is 0.369 e. The number of anilines is 1. The summed E-state index contributed by atoms with van der Waals surface area (Å²) in [5.41, 5.74) is 0.0440. The molecule has 0 aliphatic rings. The van der Waals surface area contributed by atoms with Crippen LogP contribution in [0.25, 0.3) is 0 Å². The van der Waals surface area contributed by atoms with E-state index in [9.17, 15) is 0 Å². The van der Waals surface area contributed by atoms with Crippen molar-refractivity contribution >= 4 is 44.9 Å². The van der Waals surface area contributed by atoms with Crippen molar-refractivity contribution in [2.75, 3.05) is 17.7 Å². The van der Waals surface area contributed by atoms with E-state index >= 15 is 0 Å². The molecule has 0 saturated heterocycles. The van der Waals surface area contributed by atoms with Crippen LogP contribution in [0.15, 0.2) is 16.7 Å². The topological polar surface area (TPSA) is 24.9 Å². The summed E-state index contributed by atoms with van der Waals surface area (Å²) in [6, 6.07) is 1.81. The molecule has 1 heterocycles. The van der Waals surface area contributed by atoms with Crippen LogP contribution in [0.1, 0.15) is 13.8 Å². The van der Waals surface area contributed by atoms with Crippen molar-refractivity contribution in [2.45, 2.75) is 13.8 Å². The van der Waals surface area contributed by atoms with Crippen molar-refractivity contribution < 1.29 is 0 Å². The zero-order valence-electron chi connectivity index (χ0n) is 8.65. The Bertz CT molecular complexity index is 342. The summed E-state index contributed by atoms with van der Waals surface area (Å²) in [7, 11) is 0. The third kappa shape index (κ3) is 4.17. The van der Waals surface area contributed by atoms with Gasteiger partial charge in [0.1, 0.15) is 5.82 Å². The monoisotopic (exact) mass is 310 g/mol. The number of rotatable bonds is 4. The molecule has 1 rings (SSSR count). The predicted octanol–water partition coefficient (Wildman–Crippen LogP) is 4.17. The van der Waals surface area contributed by atoms with Crippen LogP contribution in [-0.2, 0) is 0 Å². The van der Waals surface area contributed by atoms with Crippen LogP contribution >= 0.6 is 39.1 Å². The SMILES string of the molecule is CC(C)(CCl)CNc1ncc(Cl)cc1Br. The van der Waals surface area contributed by atoms with E-state index in [0.29, 0.717) is 10.9 Å². The Morgan fingerprint density at radius 1 is 1.53 bits per heavy atom. The van der Waals surface area contributed by atoms with Crippen LogP contribution in [0.4, 0.5) is 5.82 Å². The molecular formula is C10H13BrCl2N2. The van der Waals surface area contributed by atoms with E-state index in [4.69, 9.17) is 23.2 Å². The molecule has 0 saturated carbocycles. The molecule has 0 spiro atoms. The minimum absolute atomic E-state index is 0.0440. The van der Waals surface area contributed by atoms with Gasteiger partial charge in [0, 0.05) is 18.6 Å². The van der Waals surface area contributed by atoms with E-state index in [-0.39, 0.29) is 5.41 Å². The smallest absolute Gasteiger partial charge is 0.140 e. The van der Waals surface area contributed by atoms with Crippen LogP contribution in [0.3, 0.4) is 0 Å². The minimum Gasteiger partial charge on any atom is -0.369 e. The van der Waals surface area contributed by atoms with Gasteiger partial charge in [-0.15, -0.1) is 11.6 Å². The van der Waals surface area contributed by atoms with Gasteiger partial charge in [0.25, 0.3) is 0 Å². The fourth-order valence-corrected chi connectivity index (χ4v) is 1.79. The molecule has 0 bridgehead atoms. The Morgan fingerprint density at radius 2 is 2.20 bits per heavy atom. The highest BCUT2D eigenvalue weighted by Crippen LogP contribution is 2.25. The summed E-state index contributed by atoms with van der Waals surface area (Å²) in [4.78, 5) is 4.18. The zero-order chi connectivity index (χ0) is 11.5. The summed E-state index contributed by atoms with van der Waals surface area (Å²) < 4.78 is 0.861. The van der Waals surface area contributed by atoms with Gasteiger partial charge in [0.15, 0.2) is 0 Å². The Kier molecular flexibility index (Phi) is 4.68. The van der Waals surface area contributed by atoms with Crippen molar-refractivity contribution in [2.24, 2.45) is 5.41 Å². The maximum absolute atomic E-state index is 5.83. The highest BCUT2D eigenvalue weighted by Gasteiger charge is 2.16. The molecule has 5 heteroatoms. The minimum atomic E-state index is 0.0440. The second kappa shape index (κ2) is 5.37. The molecule has 0 amide bonds.